The van der Waals surface area contributed by atoms with Crippen LogP contribution in [0.5, 0.6) is 11.5 Å². The Balaban J connectivity index is 1.48. The fourth-order valence-electron chi connectivity index (χ4n) is 5.12. The van der Waals surface area contributed by atoms with Crippen LogP contribution in [0.2, 0.25) is 0 Å². The van der Waals surface area contributed by atoms with E-state index in [4.69, 9.17) is 19.7 Å². The average molecular weight is 473 g/mol. The van der Waals surface area contributed by atoms with Gasteiger partial charge in [-0.05, 0) is 56.0 Å². The molecule has 0 saturated carbocycles. The molecular weight excluding hydrogens is 436 g/mol. The summed E-state index contributed by atoms with van der Waals surface area (Å²) in [6, 6.07) is 16.8. The van der Waals surface area contributed by atoms with E-state index in [9.17, 15) is 0 Å². The van der Waals surface area contributed by atoms with Gasteiger partial charge in [0.1, 0.15) is 13.2 Å². The van der Waals surface area contributed by atoms with Gasteiger partial charge in [0.2, 0.25) is 0 Å². The summed E-state index contributed by atoms with van der Waals surface area (Å²) in [5.41, 5.74) is 6.08. The van der Waals surface area contributed by atoms with Crippen LogP contribution in [0, 0.1) is 0 Å². The molecule has 5 rings (SSSR count). The summed E-state index contributed by atoms with van der Waals surface area (Å²) in [6.45, 7) is 7.26. The largest absolute Gasteiger partial charge is 0.486 e. The fourth-order valence-corrected chi connectivity index (χ4v) is 5.12. The first-order chi connectivity index (χ1) is 17.2. The number of rotatable bonds is 9. The maximum atomic E-state index is 5.81. The van der Waals surface area contributed by atoms with Crippen molar-refractivity contribution in [3.63, 3.8) is 0 Å². The summed E-state index contributed by atoms with van der Waals surface area (Å²) < 4.78 is 11.5. The zero-order valence-electron chi connectivity index (χ0n) is 21.0. The van der Waals surface area contributed by atoms with Gasteiger partial charge in [0.25, 0.3) is 0 Å². The molecular formula is C29H36N4O2. The number of hydrogen-bond donors (Lipinski definition) is 0. The second kappa shape index (κ2) is 11.1. The number of fused-ring (bicyclic) bond motifs is 1. The molecule has 3 aromatic rings. The summed E-state index contributed by atoms with van der Waals surface area (Å²) in [5.74, 6) is 2.76. The number of ether oxygens (including phenoxy) is 2. The van der Waals surface area contributed by atoms with Gasteiger partial charge in [-0.2, -0.15) is 0 Å². The van der Waals surface area contributed by atoms with E-state index in [-0.39, 0.29) is 0 Å². The van der Waals surface area contributed by atoms with E-state index in [0.717, 1.165) is 74.0 Å². The number of nitrogens with zero attached hydrogens (tertiary/aromatic N) is 4. The van der Waals surface area contributed by atoms with Crippen molar-refractivity contribution in [2.45, 2.75) is 52.1 Å². The van der Waals surface area contributed by atoms with Crippen LogP contribution >= 0.6 is 0 Å². The summed E-state index contributed by atoms with van der Waals surface area (Å²) in [6.07, 6.45) is 5.76. The summed E-state index contributed by atoms with van der Waals surface area (Å²) >= 11 is 0. The molecule has 0 unspecified atom stereocenters. The highest BCUT2D eigenvalue weighted by Crippen LogP contribution is 2.34. The highest BCUT2D eigenvalue weighted by atomic mass is 16.6. The predicted molar refractivity (Wildman–Crippen MR) is 140 cm³/mol. The van der Waals surface area contributed by atoms with Crippen molar-refractivity contribution >= 4 is 5.82 Å². The Labute approximate surface area is 208 Å². The molecule has 35 heavy (non-hydrogen) atoms. The molecule has 6 heteroatoms. The molecule has 0 spiro atoms. The molecule has 3 heterocycles. The SMILES string of the molecule is CCCCc1c(-c2ccccc2)nnc(N2CCCC2)c1CN(C)Cc1ccc2c(c1)OCCO2. The number of aromatic nitrogens is 2. The third-order valence-corrected chi connectivity index (χ3v) is 6.89. The molecule has 184 valence electrons. The van der Waals surface area contributed by atoms with E-state index in [1.807, 2.05) is 6.07 Å². The lowest BCUT2D eigenvalue weighted by Gasteiger charge is -2.27. The molecule has 2 aromatic carbocycles. The lowest BCUT2D eigenvalue weighted by molar-refractivity contribution is 0.171. The molecule has 2 aliphatic rings. The molecule has 0 radical (unpaired) electrons. The van der Waals surface area contributed by atoms with Crippen LogP contribution in [0.15, 0.2) is 48.5 Å². The lowest BCUT2D eigenvalue weighted by Crippen LogP contribution is -2.26. The van der Waals surface area contributed by atoms with E-state index >= 15 is 0 Å². The standard InChI is InChI=1S/C29H36N4O2/c1-3-4-12-24-25(21-32(2)20-22-13-14-26-27(19-22)35-18-17-34-26)29(33-15-8-9-16-33)31-30-28(24)23-10-6-5-7-11-23/h5-7,10-11,13-14,19H,3-4,8-9,12,15-18,20-21H2,1-2H3. The first-order valence-electron chi connectivity index (χ1n) is 13.0. The van der Waals surface area contributed by atoms with E-state index in [0.29, 0.717) is 13.2 Å². The predicted octanol–water partition coefficient (Wildman–Crippen LogP) is 5.49. The highest BCUT2D eigenvalue weighted by Gasteiger charge is 2.24. The Bertz CT molecular complexity index is 1130. The number of hydrogen-bond acceptors (Lipinski definition) is 6. The first-order valence-corrected chi connectivity index (χ1v) is 13.0. The molecule has 6 nitrogen and oxygen atoms in total. The number of anilines is 1. The van der Waals surface area contributed by atoms with Crippen LogP contribution in [-0.2, 0) is 19.5 Å². The van der Waals surface area contributed by atoms with Crippen molar-refractivity contribution in [3.05, 3.63) is 65.2 Å². The zero-order valence-corrected chi connectivity index (χ0v) is 21.0. The van der Waals surface area contributed by atoms with Crippen LogP contribution in [-0.4, -0.2) is 48.4 Å². The minimum Gasteiger partial charge on any atom is -0.486 e. The topological polar surface area (TPSA) is 50.7 Å². The molecule has 1 aromatic heterocycles. The molecule has 0 atom stereocenters. The van der Waals surface area contributed by atoms with Gasteiger partial charge in [-0.25, -0.2) is 0 Å². The van der Waals surface area contributed by atoms with Crippen LogP contribution in [0.4, 0.5) is 5.82 Å². The van der Waals surface area contributed by atoms with Gasteiger partial charge in [0, 0.05) is 37.3 Å². The molecule has 2 aliphatic heterocycles. The maximum absolute atomic E-state index is 5.81. The Morgan fingerprint density at radius 1 is 0.886 bits per heavy atom. The maximum Gasteiger partial charge on any atom is 0.161 e. The second-order valence-electron chi connectivity index (χ2n) is 9.64. The molecule has 0 N–H and O–H groups in total. The van der Waals surface area contributed by atoms with Crippen molar-refractivity contribution < 1.29 is 9.47 Å². The van der Waals surface area contributed by atoms with Crippen molar-refractivity contribution in [2.24, 2.45) is 0 Å². The van der Waals surface area contributed by atoms with Crippen LogP contribution in [0.25, 0.3) is 11.3 Å². The van der Waals surface area contributed by atoms with Gasteiger partial charge in [0.15, 0.2) is 17.3 Å². The normalized spacial score (nSPS) is 15.1. The fraction of sp³-hybridized carbons (Fsp3) is 0.448. The molecule has 0 aliphatic carbocycles. The highest BCUT2D eigenvalue weighted by molar-refractivity contribution is 5.67. The summed E-state index contributed by atoms with van der Waals surface area (Å²) in [5, 5.41) is 9.64. The van der Waals surface area contributed by atoms with Gasteiger partial charge in [-0.1, -0.05) is 49.7 Å². The van der Waals surface area contributed by atoms with Gasteiger partial charge >= 0.3 is 0 Å². The minimum atomic E-state index is 0.608. The van der Waals surface area contributed by atoms with Gasteiger partial charge in [-0.3, -0.25) is 4.90 Å². The summed E-state index contributed by atoms with van der Waals surface area (Å²) in [7, 11) is 2.19. The van der Waals surface area contributed by atoms with Crippen molar-refractivity contribution in [3.8, 4) is 22.8 Å². The molecule has 0 bridgehead atoms. The van der Waals surface area contributed by atoms with E-state index in [1.165, 1.54) is 29.5 Å². The zero-order chi connectivity index (χ0) is 24.0. The quantitative estimate of drug-likeness (QED) is 0.410. The Hall–Kier alpha value is -3.12. The van der Waals surface area contributed by atoms with Gasteiger partial charge < -0.3 is 14.4 Å². The van der Waals surface area contributed by atoms with E-state index < -0.39 is 0 Å². The van der Waals surface area contributed by atoms with Crippen LogP contribution < -0.4 is 14.4 Å². The van der Waals surface area contributed by atoms with Crippen molar-refractivity contribution in [2.75, 3.05) is 38.3 Å². The minimum absolute atomic E-state index is 0.608. The van der Waals surface area contributed by atoms with Crippen LogP contribution in [0.1, 0.15) is 49.3 Å². The monoisotopic (exact) mass is 472 g/mol. The smallest absolute Gasteiger partial charge is 0.161 e. The molecule has 1 fully saturated rings. The Morgan fingerprint density at radius 3 is 2.43 bits per heavy atom. The molecule has 1 saturated heterocycles. The average Bonchev–Trinajstić information content (AvgIpc) is 3.43. The third-order valence-electron chi connectivity index (χ3n) is 6.89. The van der Waals surface area contributed by atoms with Crippen molar-refractivity contribution in [1.82, 2.24) is 15.1 Å². The lowest BCUT2D eigenvalue weighted by atomic mass is 9.96. The van der Waals surface area contributed by atoms with E-state index in [1.54, 1.807) is 0 Å². The first kappa shape index (κ1) is 23.6. The number of benzene rings is 2. The van der Waals surface area contributed by atoms with E-state index in [2.05, 4.69) is 66.2 Å². The van der Waals surface area contributed by atoms with Crippen LogP contribution in [0.3, 0.4) is 0 Å². The van der Waals surface area contributed by atoms with Gasteiger partial charge in [0.05, 0.1) is 5.69 Å². The summed E-state index contributed by atoms with van der Waals surface area (Å²) in [4.78, 5) is 4.82. The Kier molecular flexibility index (Phi) is 7.48. The van der Waals surface area contributed by atoms with Gasteiger partial charge in [-0.15, -0.1) is 10.2 Å². The third kappa shape index (κ3) is 5.43. The number of unbranched alkanes of at least 4 members (excludes halogenated alkanes) is 1. The second-order valence-corrected chi connectivity index (χ2v) is 9.64. The van der Waals surface area contributed by atoms with Crippen molar-refractivity contribution in [1.29, 1.82) is 0 Å². The Morgan fingerprint density at radius 2 is 1.66 bits per heavy atom. The molecule has 0 amide bonds.